The van der Waals surface area contributed by atoms with Gasteiger partial charge in [0.25, 0.3) is 5.91 Å². The number of aromatic nitrogens is 1. The van der Waals surface area contributed by atoms with Gasteiger partial charge in [0.05, 0.1) is 23.4 Å². The van der Waals surface area contributed by atoms with Crippen LogP contribution < -0.4 is 11.1 Å². The fourth-order valence-corrected chi connectivity index (χ4v) is 5.61. The number of oxazole rings is 1. The highest BCUT2D eigenvalue weighted by Crippen LogP contribution is 2.38. The highest BCUT2D eigenvalue weighted by atomic mass is 16.5. The van der Waals surface area contributed by atoms with Gasteiger partial charge in [-0.1, -0.05) is 51.2 Å². The quantitative estimate of drug-likeness (QED) is 0.254. The van der Waals surface area contributed by atoms with E-state index in [1.54, 1.807) is 25.2 Å². The van der Waals surface area contributed by atoms with Crippen molar-refractivity contribution in [3.8, 4) is 5.75 Å². The van der Waals surface area contributed by atoms with Crippen LogP contribution in [0, 0.1) is 17.8 Å². The van der Waals surface area contributed by atoms with E-state index in [1.165, 1.54) is 24.7 Å². The Balaban J connectivity index is 2.17. The van der Waals surface area contributed by atoms with Gasteiger partial charge in [0.15, 0.2) is 5.58 Å². The summed E-state index contributed by atoms with van der Waals surface area (Å²) in [5.41, 5.74) is 2.31. The van der Waals surface area contributed by atoms with Crippen LogP contribution in [-0.4, -0.2) is 52.1 Å². The summed E-state index contributed by atoms with van der Waals surface area (Å²) in [5, 5.41) is 25.5. The topological polar surface area (TPSA) is 140 Å². The maximum Gasteiger partial charge on any atom is 0.420 e. The molecule has 234 valence electrons. The molecule has 10 heteroatoms. The van der Waals surface area contributed by atoms with E-state index in [0.717, 1.165) is 5.57 Å². The van der Waals surface area contributed by atoms with Gasteiger partial charge < -0.3 is 29.4 Å². The van der Waals surface area contributed by atoms with E-state index in [-0.39, 0.29) is 41.3 Å². The SMILES string of the molecule is C=CCn1c(=O)oc2cc3c(O)c(c21)C[C@@H](C)C[C@H](OC)[C@H](O)[C@@H](C)/C=C(\C)[C@H](OC(C)=O)[C@@H](C)/C=C\C=C(/C)C(=O)N3. The number of rotatable bonds is 4. The second kappa shape index (κ2) is 14.5. The molecule has 0 fully saturated rings. The Morgan fingerprint density at radius 3 is 2.56 bits per heavy atom. The lowest BCUT2D eigenvalue weighted by molar-refractivity contribution is -0.146. The van der Waals surface area contributed by atoms with Gasteiger partial charge in [-0.05, 0) is 38.2 Å². The molecule has 1 aromatic heterocycles. The number of methoxy groups -OCH3 is 1. The Bertz CT molecular complexity index is 1490. The predicted octanol–water partition coefficient (Wildman–Crippen LogP) is 5.04. The molecule has 10 nitrogen and oxygen atoms in total. The molecule has 2 heterocycles. The molecular formula is C33H44N2O8. The first kappa shape index (κ1) is 33.6. The molecule has 0 saturated carbocycles. The van der Waals surface area contributed by atoms with Crippen molar-refractivity contribution in [3.05, 3.63) is 70.3 Å². The summed E-state index contributed by atoms with van der Waals surface area (Å²) < 4.78 is 18.3. The normalized spacial score (nSPS) is 29.2. The Morgan fingerprint density at radius 2 is 1.93 bits per heavy atom. The number of nitrogens with zero attached hydrogens (tertiary/aromatic N) is 1. The number of aromatic hydroxyl groups is 1. The summed E-state index contributed by atoms with van der Waals surface area (Å²) in [6.07, 6.45) is 7.31. The first-order chi connectivity index (χ1) is 20.3. The molecule has 2 bridgehead atoms. The van der Waals surface area contributed by atoms with Crippen LogP contribution in [0.25, 0.3) is 11.1 Å². The van der Waals surface area contributed by atoms with Crippen molar-refractivity contribution in [2.24, 2.45) is 17.8 Å². The Labute approximate surface area is 252 Å². The molecule has 1 amide bonds. The van der Waals surface area contributed by atoms with E-state index in [4.69, 9.17) is 13.9 Å². The molecule has 0 unspecified atom stereocenters. The lowest BCUT2D eigenvalue weighted by Gasteiger charge is -2.29. The fourth-order valence-electron chi connectivity index (χ4n) is 5.61. The summed E-state index contributed by atoms with van der Waals surface area (Å²) in [5.74, 6) is -2.39. The van der Waals surface area contributed by atoms with Crippen LogP contribution in [0.3, 0.4) is 0 Å². The van der Waals surface area contributed by atoms with E-state index in [9.17, 15) is 24.6 Å². The third-order valence-electron chi connectivity index (χ3n) is 7.86. The highest BCUT2D eigenvalue weighted by molar-refractivity contribution is 6.05. The molecular weight excluding hydrogens is 552 g/mol. The smallest absolute Gasteiger partial charge is 0.420 e. The van der Waals surface area contributed by atoms with Crippen LogP contribution in [0.4, 0.5) is 5.69 Å². The molecule has 0 spiro atoms. The number of phenols is 1. The number of anilines is 1. The molecule has 0 radical (unpaired) electrons. The van der Waals surface area contributed by atoms with Gasteiger partial charge in [0.1, 0.15) is 11.9 Å². The summed E-state index contributed by atoms with van der Waals surface area (Å²) in [6.45, 7) is 14.5. The lowest BCUT2D eigenvalue weighted by Crippen LogP contribution is -2.35. The van der Waals surface area contributed by atoms with E-state index in [0.29, 0.717) is 29.5 Å². The summed E-state index contributed by atoms with van der Waals surface area (Å²) in [4.78, 5) is 37.8. The van der Waals surface area contributed by atoms with Gasteiger partial charge in [0.2, 0.25) is 0 Å². The van der Waals surface area contributed by atoms with Crippen LogP contribution in [-0.2, 0) is 32.0 Å². The van der Waals surface area contributed by atoms with Crippen molar-refractivity contribution in [3.63, 3.8) is 0 Å². The number of hydrogen-bond donors (Lipinski definition) is 3. The van der Waals surface area contributed by atoms with Crippen molar-refractivity contribution >= 4 is 28.7 Å². The number of nitrogens with one attached hydrogen (secondary N) is 1. The average Bonchev–Trinajstić information content (AvgIpc) is 3.25. The first-order valence-electron chi connectivity index (χ1n) is 14.5. The lowest BCUT2D eigenvalue weighted by atomic mass is 9.87. The number of ether oxygens (including phenoxy) is 2. The highest BCUT2D eigenvalue weighted by Gasteiger charge is 2.29. The van der Waals surface area contributed by atoms with Gasteiger partial charge in [0, 0.05) is 49.6 Å². The number of aliphatic hydroxyl groups excluding tert-OH is 1. The fraction of sp³-hybridized carbons (Fsp3) is 0.485. The summed E-state index contributed by atoms with van der Waals surface area (Å²) in [7, 11) is 1.53. The number of carbonyl (C=O) groups is 2. The predicted molar refractivity (Wildman–Crippen MR) is 166 cm³/mol. The Morgan fingerprint density at radius 1 is 1.23 bits per heavy atom. The number of benzene rings is 1. The van der Waals surface area contributed by atoms with Crippen molar-refractivity contribution in [2.45, 2.75) is 79.2 Å². The first-order valence-corrected chi connectivity index (χ1v) is 14.5. The van der Waals surface area contributed by atoms with E-state index >= 15 is 0 Å². The molecule has 1 aromatic carbocycles. The van der Waals surface area contributed by atoms with Crippen molar-refractivity contribution in [1.82, 2.24) is 4.57 Å². The second-order valence-electron chi connectivity index (χ2n) is 11.5. The third-order valence-corrected chi connectivity index (χ3v) is 7.86. The zero-order valence-corrected chi connectivity index (χ0v) is 26.0. The minimum Gasteiger partial charge on any atom is -0.505 e. The van der Waals surface area contributed by atoms with Gasteiger partial charge in [-0.15, -0.1) is 6.58 Å². The third kappa shape index (κ3) is 7.94. The number of esters is 1. The summed E-state index contributed by atoms with van der Waals surface area (Å²) >= 11 is 0. The van der Waals surface area contributed by atoms with Crippen LogP contribution in [0.1, 0.15) is 53.5 Å². The number of phenolic OH excluding ortho intramolecular Hbond substituents is 1. The Hall–Kier alpha value is -3.89. The molecule has 3 N–H and O–H groups in total. The maximum absolute atomic E-state index is 13.1. The van der Waals surface area contributed by atoms with Crippen LogP contribution in [0.2, 0.25) is 0 Å². The van der Waals surface area contributed by atoms with E-state index in [2.05, 4.69) is 11.9 Å². The standard InChI is InChI=1S/C33H44N2O8/c1-9-13-35-28-24-14-18(2)15-27(41-8)29(37)21(5)16-22(6)31(42-23(7)36)19(3)11-10-12-20(4)32(39)34-25(30(24)38)17-26(28)43-33(35)40/h9-12,16-19,21,27,29,31,37-38H,1,13-15H2,2-8H3,(H,34,39)/b11-10-,20-12+,22-16+/t18-,19+,21+,27+,29-,31-/m1/s1. The minimum atomic E-state index is -0.883. The molecule has 6 atom stereocenters. The zero-order valence-electron chi connectivity index (χ0n) is 26.0. The van der Waals surface area contributed by atoms with Crippen LogP contribution >= 0.6 is 0 Å². The largest absolute Gasteiger partial charge is 0.505 e. The molecule has 3 rings (SSSR count). The number of carbonyl (C=O) groups excluding carboxylic acids is 2. The monoisotopic (exact) mass is 596 g/mol. The number of hydrogen-bond acceptors (Lipinski definition) is 8. The molecule has 1 aliphatic rings. The molecule has 1 aliphatic heterocycles. The number of fused-ring (bicyclic) bond motifs is 4. The molecule has 0 aliphatic carbocycles. The van der Waals surface area contributed by atoms with Crippen molar-refractivity contribution in [1.29, 1.82) is 0 Å². The van der Waals surface area contributed by atoms with Gasteiger partial charge in [-0.2, -0.15) is 0 Å². The summed E-state index contributed by atoms with van der Waals surface area (Å²) in [6, 6.07) is 1.44. The van der Waals surface area contributed by atoms with Gasteiger partial charge in [-0.3, -0.25) is 14.2 Å². The van der Waals surface area contributed by atoms with E-state index < -0.39 is 35.9 Å². The number of allylic oxidation sites excluding steroid dienone is 3. The molecule has 0 saturated heterocycles. The van der Waals surface area contributed by atoms with Crippen LogP contribution in [0.15, 0.2) is 63.4 Å². The second-order valence-corrected chi connectivity index (χ2v) is 11.5. The molecule has 43 heavy (non-hydrogen) atoms. The molecule has 2 aromatic rings. The zero-order chi connectivity index (χ0) is 32.0. The average molecular weight is 597 g/mol. The number of amides is 1. The van der Waals surface area contributed by atoms with Gasteiger partial charge >= 0.3 is 11.7 Å². The van der Waals surface area contributed by atoms with E-state index in [1.807, 2.05) is 39.8 Å². The van der Waals surface area contributed by atoms with Crippen LogP contribution in [0.5, 0.6) is 5.75 Å². The minimum absolute atomic E-state index is 0.105. The van der Waals surface area contributed by atoms with Gasteiger partial charge in [-0.25, -0.2) is 4.79 Å². The number of aliphatic hydroxyl groups is 1. The maximum atomic E-state index is 13.1. The Kier molecular flexibility index (Phi) is 11.4. The van der Waals surface area contributed by atoms with Crippen molar-refractivity contribution < 1.29 is 33.7 Å². The van der Waals surface area contributed by atoms with Crippen molar-refractivity contribution in [2.75, 3.05) is 12.4 Å².